The molecule has 0 spiro atoms. The fourth-order valence-corrected chi connectivity index (χ4v) is 0.843. The smallest absolute Gasteiger partial charge is 0.430 e. The molecule has 78 valence electrons. The molecular weight excluding hydrogens is 193 g/mol. The van der Waals surface area contributed by atoms with Gasteiger partial charge in [-0.25, -0.2) is 9.79 Å². The Balaban J connectivity index is 0.000000583. The summed E-state index contributed by atoms with van der Waals surface area (Å²) in [4.78, 5) is 13.1. The number of hydrogen-bond acceptors (Lipinski definition) is 4. The van der Waals surface area contributed by atoms with E-state index < -0.39 is 7.69 Å². The highest BCUT2D eigenvalue weighted by molar-refractivity contribution is 6.13. The zero-order chi connectivity index (χ0) is 11.4. The Morgan fingerprint density at radius 1 is 1.33 bits per heavy atom. The van der Waals surface area contributed by atoms with Crippen molar-refractivity contribution in [1.82, 2.24) is 0 Å². The van der Waals surface area contributed by atoms with Gasteiger partial charge in [-0.15, -0.1) is 0 Å². The summed E-state index contributed by atoms with van der Waals surface area (Å²) in [6, 6.07) is 9.86. The van der Waals surface area contributed by atoms with E-state index in [-0.39, 0.29) is 0 Å². The van der Waals surface area contributed by atoms with E-state index in [4.69, 9.17) is 10.0 Å². The molecule has 0 atom stereocenters. The topological polar surface area (TPSA) is 69.9 Å². The highest BCUT2D eigenvalue weighted by Crippen LogP contribution is 1.99. The first-order valence-electron chi connectivity index (χ1n) is 4.32. The molecule has 0 fully saturated rings. The Bertz CT molecular complexity index is 321. The second-order valence-electron chi connectivity index (χ2n) is 2.39. The Morgan fingerprint density at radius 3 is 2.47 bits per heavy atom. The minimum Gasteiger partial charge on any atom is -0.430 e. The summed E-state index contributed by atoms with van der Waals surface area (Å²) in [6.07, 6.45) is 5.21. The summed E-state index contributed by atoms with van der Waals surface area (Å²) in [5.41, 5.74) is 1.11. The first-order chi connectivity index (χ1) is 7.35. The molecule has 4 nitrogen and oxygen atoms in total. The van der Waals surface area contributed by atoms with Crippen LogP contribution in [0.3, 0.4) is 0 Å². The quantitative estimate of drug-likeness (QED) is 0.422. The molecule has 0 aromatic heterocycles. The fourth-order valence-electron chi connectivity index (χ4n) is 0.843. The number of benzene rings is 1. The van der Waals surface area contributed by atoms with E-state index in [1.165, 1.54) is 6.08 Å². The van der Waals surface area contributed by atoms with Crippen LogP contribution in [0.25, 0.3) is 6.08 Å². The Hall–Kier alpha value is -1.68. The van der Waals surface area contributed by atoms with Crippen molar-refractivity contribution in [3.8, 4) is 0 Å². The van der Waals surface area contributed by atoms with Crippen LogP contribution in [0.4, 0.5) is 0 Å². The molecule has 0 aliphatic rings. The van der Waals surface area contributed by atoms with Crippen molar-refractivity contribution >= 4 is 19.8 Å². The normalized spacial score (nSPS) is 8.67. The molecule has 0 aliphatic heterocycles. The van der Waals surface area contributed by atoms with Gasteiger partial charge in [0, 0.05) is 0 Å². The van der Waals surface area contributed by atoms with Crippen LogP contribution in [-0.2, 0) is 4.79 Å². The summed E-state index contributed by atoms with van der Waals surface area (Å²) in [5.74, 6) is 0. The minimum atomic E-state index is -0.750. The van der Waals surface area contributed by atoms with E-state index in [9.17, 15) is 4.79 Å². The molecule has 0 saturated heterocycles. The molecular formula is C10H12BNO3. The number of nitrogens with zero attached hydrogens (tertiary/aromatic N) is 1. The fraction of sp³-hybridized carbons (Fsp3) is 0.100. The van der Waals surface area contributed by atoms with Crippen LogP contribution < -0.4 is 0 Å². The molecule has 5 heteroatoms. The van der Waals surface area contributed by atoms with Crippen molar-refractivity contribution in [2.75, 3.05) is 6.54 Å². The summed E-state index contributed by atoms with van der Waals surface area (Å²) >= 11 is 0. The van der Waals surface area contributed by atoms with Gasteiger partial charge in [-0.1, -0.05) is 42.5 Å². The van der Waals surface area contributed by atoms with Gasteiger partial charge in [0.05, 0.1) is 6.54 Å². The molecule has 0 unspecified atom stereocenters. The molecule has 2 N–H and O–H groups in total. The van der Waals surface area contributed by atoms with Crippen LogP contribution >= 0.6 is 0 Å². The summed E-state index contributed by atoms with van der Waals surface area (Å²) in [6.45, 7) is 0.401. The van der Waals surface area contributed by atoms with E-state index in [1.807, 2.05) is 42.5 Å². The van der Waals surface area contributed by atoms with Crippen molar-refractivity contribution in [1.29, 1.82) is 0 Å². The predicted octanol–water partition coefficient (Wildman–Crippen LogP) is 0.273. The van der Waals surface area contributed by atoms with Gasteiger partial charge < -0.3 is 10.0 Å². The largest absolute Gasteiger partial charge is 0.432 e. The third-order valence-electron chi connectivity index (χ3n) is 1.37. The Kier molecular flexibility index (Phi) is 9.24. The Morgan fingerprint density at radius 2 is 1.93 bits per heavy atom. The molecule has 0 amide bonds. The highest BCUT2D eigenvalue weighted by Gasteiger charge is 1.80. The number of aliphatic imine (C=N–C) groups is 1. The molecule has 1 aromatic rings. The molecule has 0 aliphatic carbocycles. The third-order valence-corrected chi connectivity index (χ3v) is 1.37. The van der Waals surface area contributed by atoms with Crippen LogP contribution in [-0.4, -0.2) is 30.4 Å². The predicted molar refractivity (Wildman–Crippen MR) is 60.1 cm³/mol. The lowest BCUT2D eigenvalue weighted by atomic mass is 10.2. The van der Waals surface area contributed by atoms with E-state index in [0.29, 0.717) is 6.54 Å². The third kappa shape index (κ3) is 8.65. The zero-order valence-electron chi connectivity index (χ0n) is 8.21. The van der Waals surface area contributed by atoms with Gasteiger partial charge in [-0.3, -0.25) is 0 Å². The monoisotopic (exact) mass is 205 g/mol. The van der Waals surface area contributed by atoms with Crippen molar-refractivity contribution < 1.29 is 14.8 Å². The van der Waals surface area contributed by atoms with Gasteiger partial charge in [-0.2, -0.15) is 0 Å². The second-order valence-corrected chi connectivity index (χ2v) is 2.39. The first kappa shape index (κ1) is 13.3. The average molecular weight is 205 g/mol. The number of isocyanates is 1. The lowest BCUT2D eigenvalue weighted by Gasteiger charge is -1.88. The standard InChI is InChI=1S/C10H9NO.BH3O2/c12-9-11-8-4-7-10-5-2-1-3-6-10;2-1-3/h1-7H,8H2;1-3H. The number of rotatable bonds is 3. The van der Waals surface area contributed by atoms with Crippen molar-refractivity contribution in [3.63, 3.8) is 0 Å². The van der Waals surface area contributed by atoms with Crippen molar-refractivity contribution in [3.05, 3.63) is 42.0 Å². The number of carbonyl (C=O) groups excluding carboxylic acids is 1. The summed E-state index contributed by atoms with van der Waals surface area (Å²) in [7, 11) is -0.750. The molecule has 0 bridgehead atoms. The van der Waals surface area contributed by atoms with Crippen LogP contribution in [0.2, 0.25) is 0 Å². The van der Waals surface area contributed by atoms with Gasteiger partial charge in [0.15, 0.2) is 0 Å². The van der Waals surface area contributed by atoms with E-state index in [0.717, 1.165) is 5.56 Å². The SMILES string of the molecule is O=C=NCC=Cc1ccccc1.OBO. The maximum absolute atomic E-state index is 9.69. The van der Waals surface area contributed by atoms with Crippen molar-refractivity contribution in [2.45, 2.75) is 0 Å². The van der Waals surface area contributed by atoms with Gasteiger partial charge in [-0.05, 0) is 5.56 Å². The van der Waals surface area contributed by atoms with Crippen LogP contribution in [0.5, 0.6) is 0 Å². The molecule has 0 radical (unpaired) electrons. The van der Waals surface area contributed by atoms with Gasteiger partial charge in [0.1, 0.15) is 0 Å². The highest BCUT2D eigenvalue weighted by atomic mass is 16.4. The minimum absolute atomic E-state index is 0.401. The second kappa shape index (κ2) is 10.4. The lowest BCUT2D eigenvalue weighted by Crippen LogP contribution is -1.75. The van der Waals surface area contributed by atoms with Crippen LogP contribution in [0, 0.1) is 0 Å². The molecule has 0 saturated carbocycles. The van der Waals surface area contributed by atoms with Gasteiger partial charge in [0.25, 0.3) is 0 Å². The van der Waals surface area contributed by atoms with Gasteiger partial charge >= 0.3 is 7.69 Å². The van der Waals surface area contributed by atoms with Gasteiger partial charge in [0.2, 0.25) is 6.08 Å². The summed E-state index contributed by atoms with van der Waals surface area (Å²) < 4.78 is 0. The average Bonchev–Trinajstić information content (AvgIpc) is 2.27. The van der Waals surface area contributed by atoms with Crippen molar-refractivity contribution in [2.24, 2.45) is 4.99 Å². The lowest BCUT2D eigenvalue weighted by molar-refractivity contribution is 0.448. The number of hydrogen-bond donors (Lipinski definition) is 2. The van der Waals surface area contributed by atoms with Crippen LogP contribution in [0.1, 0.15) is 5.56 Å². The maximum Gasteiger partial charge on any atom is 0.432 e. The zero-order valence-corrected chi connectivity index (χ0v) is 8.21. The maximum atomic E-state index is 9.69. The van der Waals surface area contributed by atoms with E-state index >= 15 is 0 Å². The molecule has 1 aromatic carbocycles. The molecule has 0 heterocycles. The Labute approximate surface area is 88.9 Å². The molecule has 15 heavy (non-hydrogen) atoms. The van der Waals surface area contributed by atoms with E-state index in [2.05, 4.69) is 4.99 Å². The molecule has 1 rings (SSSR count). The van der Waals surface area contributed by atoms with E-state index in [1.54, 1.807) is 0 Å². The van der Waals surface area contributed by atoms with Crippen LogP contribution in [0.15, 0.2) is 41.4 Å². The summed E-state index contributed by atoms with van der Waals surface area (Å²) in [5, 5.41) is 14.2. The first-order valence-corrected chi connectivity index (χ1v) is 4.32.